The predicted molar refractivity (Wildman–Crippen MR) is 54.6 cm³/mol. The van der Waals surface area contributed by atoms with Crippen molar-refractivity contribution in [1.29, 1.82) is 0 Å². The lowest BCUT2D eigenvalue weighted by atomic mass is 9.81. The minimum atomic E-state index is -0.787. The third-order valence-electron chi connectivity index (χ3n) is 2.64. The summed E-state index contributed by atoms with van der Waals surface area (Å²) in [5.41, 5.74) is -1.12. The first-order valence-corrected chi connectivity index (χ1v) is 5.01. The number of hydrogen-bond acceptors (Lipinski definition) is 2. The van der Waals surface area contributed by atoms with Gasteiger partial charge in [0, 0.05) is 11.8 Å². The average Bonchev–Trinajstić information content (AvgIpc) is 2.02. The van der Waals surface area contributed by atoms with Crippen molar-refractivity contribution < 1.29 is 9.90 Å². The van der Waals surface area contributed by atoms with Crippen molar-refractivity contribution in [2.45, 2.75) is 59.5 Å². The standard InChI is InChI=1S/C11H22O2/c1-6-11(13,7-2)8-9(12)10(3,4)5/h13H,6-8H2,1-5H3. The van der Waals surface area contributed by atoms with Gasteiger partial charge in [0.25, 0.3) is 0 Å². The van der Waals surface area contributed by atoms with E-state index in [0.717, 1.165) is 0 Å². The molecule has 0 unspecified atom stereocenters. The molecule has 0 aromatic rings. The Morgan fingerprint density at radius 1 is 1.15 bits per heavy atom. The van der Waals surface area contributed by atoms with Crippen molar-refractivity contribution in [3.8, 4) is 0 Å². The Hall–Kier alpha value is -0.370. The molecule has 0 aliphatic rings. The number of aliphatic hydroxyl groups is 1. The second-order valence-corrected chi connectivity index (χ2v) is 4.78. The lowest BCUT2D eigenvalue weighted by Crippen LogP contribution is -2.34. The van der Waals surface area contributed by atoms with Gasteiger partial charge in [-0.25, -0.2) is 0 Å². The van der Waals surface area contributed by atoms with Crippen LogP contribution in [0.25, 0.3) is 0 Å². The summed E-state index contributed by atoms with van der Waals surface area (Å²) in [5.74, 6) is 0.138. The first-order valence-electron chi connectivity index (χ1n) is 5.01. The molecule has 13 heavy (non-hydrogen) atoms. The number of rotatable bonds is 4. The molecule has 0 amide bonds. The van der Waals surface area contributed by atoms with Crippen molar-refractivity contribution in [1.82, 2.24) is 0 Å². The molecule has 0 rings (SSSR count). The van der Waals surface area contributed by atoms with Crippen LogP contribution in [-0.4, -0.2) is 16.5 Å². The molecule has 0 fully saturated rings. The van der Waals surface area contributed by atoms with Crippen LogP contribution in [0.15, 0.2) is 0 Å². The molecule has 0 saturated carbocycles. The van der Waals surface area contributed by atoms with Crippen LogP contribution in [0.1, 0.15) is 53.9 Å². The van der Waals surface area contributed by atoms with Crippen LogP contribution in [-0.2, 0) is 4.79 Å². The molecule has 0 spiro atoms. The number of hydrogen-bond donors (Lipinski definition) is 1. The molecule has 2 nitrogen and oxygen atoms in total. The molecule has 0 bridgehead atoms. The van der Waals surface area contributed by atoms with Gasteiger partial charge in [-0.05, 0) is 12.8 Å². The van der Waals surface area contributed by atoms with Crippen molar-refractivity contribution in [2.24, 2.45) is 5.41 Å². The summed E-state index contributed by atoms with van der Waals surface area (Å²) >= 11 is 0. The van der Waals surface area contributed by atoms with E-state index in [9.17, 15) is 9.90 Å². The van der Waals surface area contributed by atoms with Gasteiger partial charge in [-0.15, -0.1) is 0 Å². The molecule has 0 radical (unpaired) electrons. The predicted octanol–water partition coefficient (Wildman–Crippen LogP) is 2.54. The van der Waals surface area contributed by atoms with E-state index in [1.807, 2.05) is 34.6 Å². The zero-order valence-electron chi connectivity index (χ0n) is 9.48. The molecule has 0 aliphatic heterocycles. The second-order valence-electron chi connectivity index (χ2n) is 4.78. The number of ketones is 1. The summed E-state index contributed by atoms with van der Waals surface area (Å²) < 4.78 is 0. The Labute approximate surface area is 81.3 Å². The van der Waals surface area contributed by atoms with Crippen LogP contribution < -0.4 is 0 Å². The Bertz CT molecular complexity index is 173. The molecule has 0 aliphatic carbocycles. The maximum absolute atomic E-state index is 11.6. The Morgan fingerprint density at radius 2 is 1.54 bits per heavy atom. The van der Waals surface area contributed by atoms with E-state index in [0.29, 0.717) is 12.8 Å². The van der Waals surface area contributed by atoms with E-state index >= 15 is 0 Å². The van der Waals surface area contributed by atoms with Crippen LogP contribution in [0.4, 0.5) is 0 Å². The van der Waals surface area contributed by atoms with Crippen LogP contribution in [0.3, 0.4) is 0 Å². The van der Waals surface area contributed by atoms with Gasteiger partial charge in [0.1, 0.15) is 5.78 Å². The summed E-state index contributed by atoms with van der Waals surface area (Å²) in [6, 6.07) is 0. The Kier molecular flexibility index (Phi) is 4.11. The Morgan fingerprint density at radius 3 is 1.77 bits per heavy atom. The molecule has 1 N–H and O–H groups in total. The van der Waals surface area contributed by atoms with Gasteiger partial charge in [-0.2, -0.15) is 0 Å². The smallest absolute Gasteiger partial charge is 0.141 e. The molecule has 0 atom stereocenters. The van der Waals surface area contributed by atoms with Gasteiger partial charge < -0.3 is 5.11 Å². The van der Waals surface area contributed by atoms with Gasteiger partial charge in [0.2, 0.25) is 0 Å². The highest BCUT2D eigenvalue weighted by atomic mass is 16.3. The average molecular weight is 186 g/mol. The first kappa shape index (κ1) is 12.6. The summed E-state index contributed by atoms with van der Waals surface area (Å²) in [5, 5.41) is 9.94. The lowest BCUT2D eigenvalue weighted by Gasteiger charge is -2.28. The van der Waals surface area contributed by atoms with E-state index < -0.39 is 5.60 Å². The van der Waals surface area contributed by atoms with Gasteiger partial charge in [0.15, 0.2) is 0 Å². The summed E-state index contributed by atoms with van der Waals surface area (Å²) in [6.45, 7) is 9.50. The van der Waals surface area contributed by atoms with Crippen LogP contribution >= 0.6 is 0 Å². The monoisotopic (exact) mass is 186 g/mol. The van der Waals surface area contributed by atoms with Crippen molar-refractivity contribution in [3.63, 3.8) is 0 Å². The molecule has 0 aromatic carbocycles. The Balaban J connectivity index is 4.35. The topological polar surface area (TPSA) is 37.3 Å². The zero-order chi connectivity index (χ0) is 10.7. The summed E-state index contributed by atoms with van der Waals surface area (Å²) in [7, 11) is 0. The quantitative estimate of drug-likeness (QED) is 0.732. The number of Topliss-reactive ketones (excluding diaryl/α,β-unsaturated/α-hetero) is 1. The molecular formula is C11H22O2. The van der Waals surface area contributed by atoms with Gasteiger partial charge in [0.05, 0.1) is 5.60 Å². The largest absolute Gasteiger partial charge is 0.389 e. The van der Waals surface area contributed by atoms with Crippen molar-refractivity contribution in [3.05, 3.63) is 0 Å². The highest BCUT2D eigenvalue weighted by Crippen LogP contribution is 2.26. The maximum Gasteiger partial charge on any atom is 0.141 e. The van der Waals surface area contributed by atoms with E-state index in [1.54, 1.807) is 0 Å². The van der Waals surface area contributed by atoms with Gasteiger partial charge in [-0.3, -0.25) is 4.79 Å². The summed E-state index contributed by atoms with van der Waals surface area (Å²) in [6.07, 6.45) is 1.57. The fourth-order valence-electron chi connectivity index (χ4n) is 1.06. The van der Waals surface area contributed by atoms with Crippen LogP contribution in [0.2, 0.25) is 0 Å². The fraction of sp³-hybridized carbons (Fsp3) is 0.909. The highest BCUT2D eigenvalue weighted by Gasteiger charge is 2.31. The third-order valence-corrected chi connectivity index (χ3v) is 2.64. The lowest BCUT2D eigenvalue weighted by molar-refractivity contribution is -0.131. The van der Waals surface area contributed by atoms with Crippen LogP contribution in [0.5, 0.6) is 0 Å². The fourth-order valence-corrected chi connectivity index (χ4v) is 1.06. The number of carbonyl (C=O) groups excluding carboxylic acids is 1. The first-order chi connectivity index (χ1) is 5.75. The minimum Gasteiger partial charge on any atom is -0.389 e. The second kappa shape index (κ2) is 4.23. The van der Waals surface area contributed by atoms with E-state index in [4.69, 9.17) is 0 Å². The molecule has 78 valence electrons. The van der Waals surface area contributed by atoms with E-state index in [1.165, 1.54) is 0 Å². The zero-order valence-corrected chi connectivity index (χ0v) is 9.48. The molecule has 2 heteroatoms. The SMILES string of the molecule is CCC(O)(CC)CC(=O)C(C)(C)C. The van der Waals surface area contributed by atoms with Crippen LogP contribution in [0, 0.1) is 5.41 Å². The number of carbonyl (C=O) groups is 1. The maximum atomic E-state index is 11.6. The van der Waals surface area contributed by atoms with Crippen molar-refractivity contribution >= 4 is 5.78 Å². The third kappa shape index (κ3) is 3.90. The van der Waals surface area contributed by atoms with Gasteiger partial charge in [-0.1, -0.05) is 34.6 Å². The van der Waals surface area contributed by atoms with E-state index in [2.05, 4.69) is 0 Å². The minimum absolute atomic E-state index is 0.138. The molecule has 0 heterocycles. The normalized spacial score (nSPS) is 13.1. The molecule has 0 aromatic heterocycles. The van der Waals surface area contributed by atoms with Crippen molar-refractivity contribution in [2.75, 3.05) is 0 Å². The summed E-state index contributed by atoms with van der Waals surface area (Å²) in [4.78, 5) is 11.6. The molecule has 0 saturated heterocycles. The van der Waals surface area contributed by atoms with E-state index in [-0.39, 0.29) is 17.6 Å². The highest BCUT2D eigenvalue weighted by molar-refractivity contribution is 5.84. The van der Waals surface area contributed by atoms with Gasteiger partial charge >= 0.3 is 0 Å². The molecular weight excluding hydrogens is 164 g/mol.